The molecule has 5 rings (SSSR count). The fraction of sp³-hybridized carbons (Fsp3) is 0.407. The highest BCUT2D eigenvalue weighted by Crippen LogP contribution is 2.29. The molecular weight excluding hydrogens is 499 g/mol. The SMILES string of the molecule is O=C(CCc1ccc(Cl)c(Cl)c1)Cn1cnc2ccc(N3CCN(C(=O)C4CCC4)CC3)cc2c1=O. The lowest BCUT2D eigenvalue weighted by atomic mass is 9.84. The molecule has 0 unspecified atom stereocenters. The van der Waals surface area contributed by atoms with Gasteiger partial charge in [0.05, 0.1) is 33.8 Å². The van der Waals surface area contributed by atoms with Crippen LogP contribution in [0.15, 0.2) is 47.5 Å². The van der Waals surface area contributed by atoms with Crippen molar-refractivity contribution < 1.29 is 9.59 Å². The molecule has 2 heterocycles. The first-order chi connectivity index (χ1) is 17.4. The van der Waals surface area contributed by atoms with E-state index in [1.54, 1.807) is 12.1 Å². The highest BCUT2D eigenvalue weighted by atomic mass is 35.5. The number of hydrogen-bond acceptors (Lipinski definition) is 5. The van der Waals surface area contributed by atoms with Crippen molar-refractivity contribution in [3.05, 3.63) is 68.7 Å². The van der Waals surface area contributed by atoms with Gasteiger partial charge in [0.15, 0.2) is 5.78 Å². The predicted molar refractivity (Wildman–Crippen MR) is 142 cm³/mol. The van der Waals surface area contributed by atoms with Gasteiger partial charge in [0.2, 0.25) is 5.91 Å². The van der Waals surface area contributed by atoms with Gasteiger partial charge in [0.1, 0.15) is 0 Å². The van der Waals surface area contributed by atoms with E-state index >= 15 is 0 Å². The van der Waals surface area contributed by atoms with Crippen molar-refractivity contribution in [3.8, 4) is 0 Å². The summed E-state index contributed by atoms with van der Waals surface area (Å²) in [7, 11) is 0. The zero-order valence-electron chi connectivity index (χ0n) is 20.0. The summed E-state index contributed by atoms with van der Waals surface area (Å²) in [5, 5.41) is 1.42. The van der Waals surface area contributed by atoms with Crippen molar-refractivity contribution in [2.45, 2.75) is 38.6 Å². The monoisotopic (exact) mass is 526 g/mol. The van der Waals surface area contributed by atoms with E-state index in [-0.39, 0.29) is 36.1 Å². The number of piperazine rings is 1. The Balaban J connectivity index is 1.24. The summed E-state index contributed by atoms with van der Waals surface area (Å²) in [6, 6.07) is 11.0. The average molecular weight is 527 g/mol. The molecule has 3 aromatic rings. The second kappa shape index (κ2) is 10.6. The molecule has 1 saturated carbocycles. The van der Waals surface area contributed by atoms with Crippen molar-refractivity contribution >= 4 is 51.5 Å². The number of benzene rings is 2. The number of nitrogens with zero attached hydrogens (tertiary/aromatic N) is 4. The van der Waals surface area contributed by atoms with Crippen LogP contribution in [-0.4, -0.2) is 52.3 Å². The van der Waals surface area contributed by atoms with Crippen LogP contribution in [0.1, 0.15) is 31.2 Å². The number of amides is 1. The van der Waals surface area contributed by atoms with E-state index in [0.29, 0.717) is 40.5 Å². The van der Waals surface area contributed by atoms with Crippen molar-refractivity contribution in [3.63, 3.8) is 0 Å². The molecule has 0 N–H and O–H groups in total. The van der Waals surface area contributed by atoms with Gasteiger partial charge >= 0.3 is 0 Å². The lowest BCUT2D eigenvalue weighted by molar-refractivity contribution is -0.138. The minimum atomic E-state index is -0.233. The van der Waals surface area contributed by atoms with Crippen LogP contribution in [0.3, 0.4) is 0 Å². The van der Waals surface area contributed by atoms with E-state index < -0.39 is 0 Å². The van der Waals surface area contributed by atoms with Crippen LogP contribution in [0.25, 0.3) is 10.9 Å². The first-order valence-corrected chi connectivity index (χ1v) is 13.1. The lowest BCUT2D eigenvalue weighted by Gasteiger charge is -2.39. The van der Waals surface area contributed by atoms with Gasteiger partial charge in [-0.15, -0.1) is 0 Å². The number of halogens is 2. The maximum Gasteiger partial charge on any atom is 0.261 e. The quantitative estimate of drug-likeness (QED) is 0.457. The number of aryl methyl sites for hydroxylation is 1. The Hall–Kier alpha value is -2.90. The molecule has 36 heavy (non-hydrogen) atoms. The molecular formula is C27H28Cl2N4O3. The van der Waals surface area contributed by atoms with Crippen molar-refractivity contribution in [1.82, 2.24) is 14.5 Å². The Morgan fingerprint density at radius 3 is 2.44 bits per heavy atom. The standard InChI is InChI=1S/C27H28Cl2N4O3/c28-23-8-5-18(14-24(23)29)4-7-21(34)16-33-17-30-25-9-6-20(15-22(25)27(33)36)31-10-12-32(13-11-31)26(35)19-2-1-3-19/h5-6,8-9,14-15,17,19H,1-4,7,10-13,16H2. The fourth-order valence-electron chi connectivity index (χ4n) is 4.80. The first kappa shape index (κ1) is 24.8. The Kier molecular flexibility index (Phi) is 7.30. The summed E-state index contributed by atoms with van der Waals surface area (Å²) in [5.74, 6) is 0.441. The summed E-state index contributed by atoms with van der Waals surface area (Å²) >= 11 is 12.0. The van der Waals surface area contributed by atoms with Gasteiger partial charge in [-0.3, -0.25) is 19.0 Å². The summed E-state index contributed by atoms with van der Waals surface area (Å²) in [6.45, 7) is 2.81. The zero-order chi connectivity index (χ0) is 25.2. The van der Waals surface area contributed by atoms with Crippen LogP contribution in [0.5, 0.6) is 0 Å². The second-order valence-electron chi connectivity index (χ2n) is 9.61. The van der Waals surface area contributed by atoms with E-state index in [0.717, 1.165) is 43.6 Å². The largest absolute Gasteiger partial charge is 0.368 e. The maximum atomic E-state index is 13.2. The number of ketones is 1. The van der Waals surface area contributed by atoms with E-state index in [1.165, 1.54) is 10.9 Å². The number of carbonyl (C=O) groups is 2. The first-order valence-electron chi connectivity index (χ1n) is 12.4. The number of carbonyl (C=O) groups excluding carboxylic acids is 2. The summed E-state index contributed by atoms with van der Waals surface area (Å²) in [5.41, 5.74) is 2.22. The van der Waals surface area contributed by atoms with Gasteiger partial charge in [0.25, 0.3) is 5.56 Å². The minimum absolute atomic E-state index is 0.0325. The fourth-order valence-corrected chi connectivity index (χ4v) is 5.12. The molecule has 1 amide bonds. The summed E-state index contributed by atoms with van der Waals surface area (Å²) in [6.07, 6.45) is 5.42. The smallest absolute Gasteiger partial charge is 0.261 e. The third kappa shape index (κ3) is 5.27. The molecule has 1 aliphatic heterocycles. The molecule has 2 fully saturated rings. The van der Waals surface area contributed by atoms with Crippen molar-refractivity contribution in [2.75, 3.05) is 31.1 Å². The van der Waals surface area contributed by atoms with Crippen LogP contribution in [0.2, 0.25) is 10.0 Å². The Morgan fingerprint density at radius 2 is 1.75 bits per heavy atom. The van der Waals surface area contributed by atoms with Gasteiger partial charge in [-0.2, -0.15) is 0 Å². The number of aromatic nitrogens is 2. The molecule has 1 aromatic heterocycles. The van der Waals surface area contributed by atoms with Crippen LogP contribution in [0.4, 0.5) is 5.69 Å². The van der Waals surface area contributed by atoms with Gasteiger partial charge in [-0.25, -0.2) is 4.98 Å². The minimum Gasteiger partial charge on any atom is -0.368 e. The predicted octanol–water partition coefficient (Wildman–Crippen LogP) is 4.35. The average Bonchev–Trinajstić information content (AvgIpc) is 2.85. The van der Waals surface area contributed by atoms with Crippen LogP contribution < -0.4 is 10.5 Å². The third-order valence-corrected chi connectivity index (χ3v) is 7.98. The van der Waals surface area contributed by atoms with Crippen LogP contribution >= 0.6 is 23.2 Å². The molecule has 2 aromatic carbocycles. The summed E-state index contributed by atoms with van der Waals surface area (Å²) < 4.78 is 1.37. The van der Waals surface area contributed by atoms with E-state index in [9.17, 15) is 14.4 Å². The zero-order valence-corrected chi connectivity index (χ0v) is 21.5. The van der Waals surface area contributed by atoms with Gasteiger partial charge < -0.3 is 9.80 Å². The molecule has 7 nitrogen and oxygen atoms in total. The number of Topliss-reactive ketones (excluding diaryl/α,β-unsaturated/α-hetero) is 1. The number of anilines is 1. The molecule has 1 aliphatic carbocycles. The molecule has 0 atom stereocenters. The summed E-state index contributed by atoms with van der Waals surface area (Å²) in [4.78, 5) is 46.9. The van der Waals surface area contributed by atoms with Gasteiger partial charge in [-0.05, 0) is 55.2 Å². The molecule has 0 spiro atoms. The normalized spacial score (nSPS) is 16.3. The molecule has 0 bridgehead atoms. The second-order valence-corrected chi connectivity index (χ2v) is 10.4. The van der Waals surface area contributed by atoms with Crippen molar-refractivity contribution in [1.29, 1.82) is 0 Å². The highest BCUT2D eigenvalue weighted by Gasteiger charge is 2.31. The molecule has 0 radical (unpaired) electrons. The van der Waals surface area contributed by atoms with Gasteiger partial charge in [-0.1, -0.05) is 35.7 Å². The Morgan fingerprint density at radius 1 is 0.972 bits per heavy atom. The highest BCUT2D eigenvalue weighted by molar-refractivity contribution is 6.42. The number of fused-ring (bicyclic) bond motifs is 1. The van der Waals surface area contributed by atoms with Crippen molar-refractivity contribution in [2.24, 2.45) is 5.92 Å². The number of hydrogen-bond donors (Lipinski definition) is 0. The maximum absolute atomic E-state index is 13.2. The molecule has 2 aliphatic rings. The Bertz CT molecular complexity index is 1360. The molecule has 188 valence electrons. The van der Waals surface area contributed by atoms with E-state index in [4.69, 9.17) is 23.2 Å². The topological polar surface area (TPSA) is 75.5 Å². The van der Waals surface area contributed by atoms with Gasteiger partial charge in [0, 0.05) is 44.2 Å². The molecule has 1 saturated heterocycles. The van der Waals surface area contributed by atoms with E-state index in [1.807, 2.05) is 29.2 Å². The number of rotatable bonds is 7. The van der Waals surface area contributed by atoms with Crippen LogP contribution in [-0.2, 0) is 22.6 Å². The lowest BCUT2D eigenvalue weighted by Crippen LogP contribution is -2.51. The third-order valence-electron chi connectivity index (χ3n) is 7.24. The molecule has 9 heteroatoms. The van der Waals surface area contributed by atoms with Crippen LogP contribution in [0, 0.1) is 5.92 Å². The van der Waals surface area contributed by atoms with E-state index in [2.05, 4.69) is 9.88 Å². The Labute approximate surface area is 219 Å².